The minimum Gasteiger partial charge on any atom is -0.465 e. The Hall–Kier alpha value is -2.84. The molecule has 0 bridgehead atoms. The first-order chi connectivity index (χ1) is 14.4. The molecule has 2 atom stereocenters. The van der Waals surface area contributed by atoms with Gasteiger partial charge in [-0.25, -0.2) is 9.78 Å². The van der Waals surface area contributed by atoms with Crippen molar-refractivity contribution in [3.8, 4) is 11.1 Å². The number of amides is 2. The molecule has 1 saturated heterocycles. The van der Waals surface area contributed by atoms with E-state index in [1.807, 2.05) is 43.5 Å². The van der Waals surface area contributed by atoms with E-state index >= 15 is 0 Å². The lowest BCUT2D eigenvalue weighted by Gasteiger charge is -2.39. The molecule has 31 heavy (non-hydrogen) atoms. The molecule has 0 saturated carbocycles. The van der Waals surface area contributed by atoms with Gasteiger partial charge < -0.3 is 25.5 Å². The monoisotopic (exact) mass is 445 g/mol. The third kappa shape index (κ3) is 4.75. The molecule has 2 unspecified atom stereocenters. The van der Waals surface area contributed by atoms with Crippen LogP contribution in [0.25, 0.3) is 11.1 Å². The Kier molecular flexibility index (Phi) is 7.02. The number of aromatic nitrogens is 1. The number of carbonyl (C=O) groups is 2. The number of halogens is 1. The third-order valence-electron chi connectivity index (χ3n) is 5.84. The fraction of sp³-hybridized carbons (Fsp3) is 0.409. The second-order valence-electron chi connectivity index (χ2n) is 7.89. The van der Waals surface area contributed by atoms with Crippen LogP contribution in [-0.2, 0) is 4.79 Å². The summed E-state index contributed by atoms with van der Waals surface area (Å²) >= 11 is 0. The molecule has 2 aliphatic rings. The van der Waals surface area contributed by atoms with Gasteiger partial charge in [0.2, 0.25) is 5.91 Å². The Morgan fingerprint density at radius 2 is 1.87 bits per heavy atom. The number of rotatable bonds is 3. The van der Waals surface area contributed by atoms with E-state index < -0.39 is 6.09 Å². The second kappa shape index (κ2) is 9.53. The summed E-state index contributed by atoms with van der Waals surface area (Å²) in [6.45, 7) is 7.26. The number of piperazine rings is 1. The molecule has 0 radical (unpaired) electrons. The van der Waals surface area contributed by atoms with Gasteiger partial charge in [-0.3, -0.25) is 4.79 Å². The smallest absolute Gasteiger partial charge is 0.405 e. The first kappa shape index (κ1) is 22.8. The van der Waals surface area contributed by atoms with Crippen molar-refractivity contribution in [2.24, 2.45) is 0 Å². The molecular weight excluding hydrogens is 418 g/mol. The van der Waals surface area contributed by atoms with Gasteiger partial charge >= 0.3 is 6.09 Å². The quantitative estimate of drug-likeness (QED) is 0.671. The Balaban J connectivity index is 0.00000272. The van der Waals surface area contributed by atoms with Crippen molar-refractivity contribution in [2.75, 3.05) is 36.0 Å². The van der Waals surface area contributed by atoms with E-state index in [1.54, 1.807) is 4.90 Å². The van der Waals surface area contributed by atoms with Gasteiger partial charge in [0.1, 0.15) is 5.82 Å². The van der Waals surface area contributed by atoms with Gasteiger partial charge in [-0.1, -0.05) is 6.07 Å². The summed E-state index contributed by atoms with van der Waals surface area (Å²) < 4.78 is 0. The number of nitrogens with zero attached hydrogens (tertiary/aromatic N) is 3. The van der Waals surface area contributed by atoms with Gasteiger partial charge in [-0.05, 0) is 48.7 Å². The van der Waals surface area contributed by atoms with Crippen LogP contribution in [0.4, 0.5) is 16.3 Å². The zero-order chi connectivity index (χ0) is 21.3. The van der Waals surface area contributed by atoms with Crippen LogP contribution in [0.3, 0.4) is 0 Å². The number of hydrogen-bond donors (Lipinski definition) is 3. The summed E-state index contributed by atoms with van der Waals surface area (Å²) in [7, 11) is 0. The maximum atomic E-state index is 12.2. The molecule has 0 spiro atoms. The fourth-order valence-electron chi connectivity index (χ4n) is 4.45. The van der Waals surface area contributed by atoms with Crippen molar-refractivity contribution in [1.29, 1.82) is 0 Å². The highest BCUT2D eigenvalue weighted by Crippen LogP contribution is 2.39. The Labute approximate surface area is 188 Å². The molecular formula is C22H28ClN5O3. The second-order valence-corrected chi connectivity index (χ2v) is 7.89. The molecule has 166 valence electrons. The molecule has 2 aromatic rings. The van der Waals surface area contributed by atoms with Crippen LogP contribution in [-0.4, -0.2) is 54.3 Å². The van der Waals surface area contributed by atoms with Crippen molar-refractivity contribution in [2.45, 2.75) is 32.4 Å². The van der Waals surface area contributed by atoms with Crippen LogP contribution in [0.5, 0.6) is 0 Å². The molecule has 1 aromatic heterocycles. The van der Waals surface area contributed by atoms with Crippen LogP contribution in [0.2, 0.25) is 0 Å². The lowest BCUT2D eigenvalue weighted by Crippen LogP contribution is -2.45. The minimum atomic E-state index is -1.07. The zero-order valence-electron chi connectivity index (χ0n) is 17.7. The Bertz CT molecular complexity index is 947. The van der Waals surface area contributed by atoms with Crippen molar-refractivity contribution in [3.05, 3.63) is 42.1 Å². The van der Waals surface area contributed by atoms with E-state index in [0.29, 0.717) is 6.42 Å². The van der Waals surface area contributed by atoms with Crippen molar-refractivity contribution >= 4 is 35.9 Å². The van der Waals surface area contributed by atoms with E-state index in [4.69, 9.17) is 0 Å². The number of fused-ring (bicyclic) bond motifs is 1. The highest BCUT2D eigenvalue weighted by atomic mass is 35.5. The average molecular weight is 446 g/mol. The van der Waals surface area contributed by atoms with E-state index in [-0.39, 0.29) is 30.4 Å². The lowest BCUT2D eigenvalue weighted by atomic mass is 9.89. The zero-order valence-corrected chi connectivity index (χ0v) is 18.5. The van der Waals surface area contributed by atoms with E-state index in [1.165, 1.54) is 6.92 Å². The number of carboxylic acid groups (broad SMARTS) is 1. The largest absolute Gasteiger partial charge is 0.465 e. The predicted molar refractivity (Wildman–Crippen MR) is 123 cm³/mol. The van der Waals surface area contributed by atoms with Crippen molar-refractivity contribution < 1.29 is 14.7 Å². The fourth-order valence-corrected chi connectivity index (χ4v) is 4.45. The Morgan fingerprint density at radius 1 is 1.16 bits per heavy atom. The summed E-state index contributed by atoms with van der Waals surface area (Å²) in [4.78, 5) is 32.2. The molecule has 9 heteroatoms. The summed E-state index contributed by atoms with van der Waals surface area (Å²) in [6.07, 6.45) is 1.32. The average Bonchev–Trinajstić information content (AvgIpc) is 2.73. The van der Waals surface area contributed by atoms with Crippen LogP contribution >= 0.6 is 12.4 Å². The number of anilines is 2. The SMILES string of the molecule is CC(=O)N1c2ccc(-c3ccc(N4CCNCC4)nc3)cc2C(NC(=O)O)CC1C.Cl. The maximum absolute atomic E-state index is 12.2. The van der Waals surface area contributed by atoms with Crippen molar-refractivity contribution in [1.82, 2.24) is 15.6 Å². The molecule has 0 aliphatic carbocycles. The molecule has 3 heterocycles. The van der Waals surface area contributed by atoms with Gasteiger partial charge in [0.25, 0.3) is 0 Å². The molecule has 4 rings (SSSR count). The molecule has 1 fully saturated rings. The van der Waals surface area contributed by atoms with Crippen LogP contribution in [0.15, 0.2) is 36.5 Å². The number of carbonyl (C=O) groups excluding carboxylic acids is 1. The van der Waals surface area contributed by atoms with Crippen LogP contribution in [0.1, 0.15) is 31.9 Å². The molecule has 2 amide bonds. The minimum absolute atomic E-state index is 0. The Morgan fingerprint density at radius 3 is 2.48 bits per heavy atom. The highest BCUT2D eigenvalue weighted by molar-refractivity contribution is 5.94. The normalized spacial score (nSPS) is 20.5. The van der Waals surface area contributed by atoms with Gasteiger partial charge in [-0.15, -0.1) is 12.4 Å². The lowest BCUT2D eigenvalue weighted by molar-refractivity contribution is -0.117. The topological polar surface area (TPSA) is 97.8 Å². The first-order valence-corrected chi connectivity index (χ1v) is 10.3. The van der Waals surface area contributed by atoms with Gasteiger partial charge in [0, 0.05) is 56.6 Å². The number of pyridine rings is 1. The maximum Gasteiger partial charge on any atom is 0.405 e. The summed E-state index contributed by atoms with van der Waals surface area (Å²) in [5.74, 6) is 0.910. The molecule has 1 aromatic carbocycles. The summed E-state index contributed by atoms with van der Waals surface area (Å²) in [5.41, 5.74) is 3.48. The van der Waals surface area contributed by atoms with Crippen molar-refractivity contribution in [3.63, 3.8) is 0 Å². The van der Waals surface area contributed by atoms with E-state index in [9.17, 15) is 14.7 Å². The number of nitrogens with one attached hydrogen (secondary N) is 2. The summed E-state index contributed by atoms with van der Waals surface area (Å²) in [6, 6.07) is 9.46. The molecule has 8 nitrogen and oxygen atoms in total. The predicted octanol–water partition coefficient (Wildman–Crippen LogP) is 3.03. The highest BCUT2D eigenvalue weighted by Gasteiger charge is 2.33. The van der Waals surface area contributed by atoms with Crippen LogP contribution in [0, 0.1) is 0 Å². The summed E-state index contributed by atoms with van der Waals surface area (Å²) in [5, 5.41) is 15.2. The van der Waals surface area contributed by atoms with Gasteiger partial charge in [0.05, 0.1) is 6.04 Å². The van der Waals surface area contributed by atoms with Crippen LogP contribution < -0.4 is 20.4 Å². The number of hydrogen-bond acceptors (Lipinski definition) is 5. The van der Waals surface area contributed by atoms with E-state index in [0.717, 1.165) is 54.4 Å². The van der Waals surface area contributed by atoms with Gasteiger partial charge in [-0.2, -0.15) is 0 Å². The third-order valence-corrected chi connectivity index (χ3v) is 5.84. The van der Waals surface area contributed by atoms with E-state index in [2.05, 4.69) is 20.5 Å². The molecule has 3 N–H and O–H groups in total. The van der Waals surface area contributed by atoms with Gasteiger partial charge in [0.15, 0.2) is 0 Å². The number of benzene rings is 1. The standard InChI is InChI=1S/C22H27N5O3.ClH/c1-14-11-19(25-22(29)30)18-12-16(3-5-20(18)27(14)15(2)28)17-4-6-21(24-13-17)26-9-7-23-8-10-26;/h3-6,12-14,19,23,25H,7-11H2,1-2H3,(H,29,30);1H. The molecule has 2 aliphatic heterocycles. The first-order valence-electron chi connectivity index (χ1n) is 10.3.